The molecule has 4 rings (SSSR count). The van der Waals surface area contributed by atoms with E-state index in [2.05, 4.69) is 15.7 Å². The molecule has 3 amide bonds. The van der Waals surface area contributed by atoms with Crippen LogP contribution in [-0.2, 0) is 20.9 Å². The Bertz CT molecular complexity index is 1000. The van der Waals surface area contributed by atoms with Crippen molar-refractivity contribution in [1.82, 2.24) is 30.5 Å². The van der Waals surface area contributed by atoms with Gasteiger partial charge in [-0.3, -0.25) is 19.4 Å². The summed E-state index contributed by atoms with van der Waals surface area (Å²) >= 11 is 0. The predicted octanol–water partition coefficient (Wildman–Crippen LogP) is 0.905. The average molecular weight is 469 g/mol. The van der Waals surface area contributed by atoms with Crippen molar-refractivity contribution in [2.24, 2.45) is 11.8 Å². The van der Waals surface area contributed by atoms with Gasteiger partial charge < -0.3 is 20.2 Å². The molecule has 0 bridgehead atoms. The molecule has 2 aliphatic heterocycles. The van der Waals surface area contributed by atoms with E-state index >= 15 is 0 Å². The maximum absolute atomic E-state index is 13.1. The van der Waals surface area contributed by atoms with Crippen LogP contribution in [0.25, 0.3) is 0 Å². The zero-order valence-corrected chi connectivity index (χ0v) is 19.8. The molecule has 2 atom stereocenters. The van der Waals surface area contributed by atoms with Crippen LogP contribution in [-0.4, -0.2) is 75.0 Å². The molecule has 0 spiro atoms. The average Bonchev–Trinajstić information content (AvgIpc) is 3.50. The van der Waals surface area contributed by atoms with Crippen LogP contribution >= 0.6 is 0 Å². The minimum absolute atomic E-state index is 0.0631. The number of nitrogens with one attached hydrogen (secondary N) is 2. The Morgan fingerprint density at radius 1 is 1.35 bits per heavy atom. The molecule has 3 heterocycles. The van der Waals surface area contributed by atoms with Crippen molar-refractivity contribution in [2.75, 3.05) is 20.1 Å². The molecule has 2 unspecified atom stereocenters. The summed E-state index contributed by atoms with van der Waals surface area (Å²) in [6.07, 6.45) is 6.15. The van der Waals surface area contributed by atoms with E-state index in [4.69, 9.17) is 0 Å². The van der Waals surface area contributed by atoms with Crippen molar-refractivity contribution in [2.45, 2.75) is 45.4 Å². The minimum atomic E-state index is -0.560. The van der Waals surface area contributed by atoms with Gasteiger partial charge in [0.25, 0.3) is 11.8 Å². The number of likely N-dealkylation sites (N-methyl/N-ethyl adjacent to an activating group) is 1. The van der Waals surface area contributed by atoms with Gasteiger partial charge in [0.1, 0.15) is 6.17 Å². The van der Waals surface area contributed by atoms with E-state index in [1.54, 1.807) is 29.1 Å². The summed E-state index contributed by atoms with van der Waals surface area (Å²) in [4.78, 5) is 46.0. The van der Waals surface area contributed by atoms with Crippen LogP contribution in [0, 0.1) is 11.8 Å². The molecule has 3 N–H and O–H groups in total. The summed E-state index contributed by atoms with van der Waals surface area (Å²) in [5, 5.41) is 15.2. The molecule has 1 aliphatic carbocycles. The number of carbonyl (C=O) groups is 3. The fourth-order valence-corrected chi connectivity index (χ4v) is 4.23. The molecule has 3 aliphatic rings. The van der Waals surface area contributed by atoms with E-state index in [1.165, 1.54) is 11.1 Å². The molecular weight excluding hydrogens is 436 g/mol. The van der Waals surface area contributed by atoms with Crippen LogP contribution in [0.2, 0.25) is 0 Å². The molecule has 10 nitrogen and oxygen atoms in total. The third kappa shape index (κ3) is 5.06. The number of aliphatic hydroxyl groups is 1. The first-order valence-electron chi connectivity index (χ1n) is 11.7. The maximum Gasteiger partial charge on any atom is 0.280 e. The van der Waals surface area contributed by atoms with Gasteiger partial charge in [-0.15, -0.1) is 0 Å². The smallest absolute Gasteiger partial charge is 0.280 e. The van der Waals surface area contributed by atoms with Crippen molar-refractivity contribution >= 4 is 17.7 Å². The molecule has 1 aromatic heterocycles. The van der Waals surface area contributed by atoms with Gasteiger partial charge in [0.15, 0.2) is 5.57 Å². The number of amides is 3. The van der Waals surface area contributed by atoms with Crippen LogP contribution < -0.4 is 10.7 Å². The van der Waals surface area contributed by atoms with Crippen LogP contribution in [0.4, 0.5) is 0 Å². The first-order valence-corrected chi connectivity index (χ1v) is 11.7. The highest BCUT2D eigenvalue weighted by Gasteiger charge is 2.49. The summed E-state index contributed by atoms with van der Waals surface area (Å²) in [6, 6.07) is 5.62. The predicted molar refractivity (Wildman–Crippen MR) is 124 cm³/mol. The monoisotopic (exact) mass is 468 g/mol. The van der Waals surface area contributed by atoms with E-state index in [0.717, 1.165) is 18.5 Å². The molecule has 0 radical (unpaired) electrons. The number of rotatable bonds is 8. The molecule has 1 aromatic rings. The van der Waals surface area contributed by atoms with Gasteiger partial charge >= 0.3 is 0 Å². The topological polar surface area (TPSA) is 118 Å². The largest absolute Gasteiger partial charge is 0.494 e. The Labute approximate surface area is 199 Å². The van der Waals surface area contributed by atoms with Gasteiger partial charge in [0, 0.05) is 38.3 Å². The Balaban J connectivity index is 1.52. The first-order chi connectivity index (χ1) is 16.3. The lowest BCUT2D eigenvalue weighted by atomic mass is 10.0. The quantitative estimate of drug-likeness (QED) is 0.383. The second-order valence-electron chi connectivity index (χ2n) is 9.48. The molecule has 10 heteroatoms. The van der Waals surface area contributed by atoms with E-state index < -0.39 is 18.0 Å². The Morgan fingerprint density at radius 3 is 2.76 bits per heavy atom. The number of hydrogen-bond acceptors (Lipinski definition) is 7. The molecule has 1 saturated carbocycles. The zero-order chi connectivity index (χ0) is 24.4. The van der Waals surface area contributed by atoms with Gasteiger partial charge in [0.2, 0.25) is 11.8 Å². The minimum Gasteiger partial charge on any atom is -0.494 e. The summed E-state index contributed by atoms with van der Waals surface area (Å²) in [5.41, 5.74) is 3.60. The summed E-state index contributed by atoms with van der Waals surface area (Å²) in [6.45, 7) is 5.22. The number of pyridine rings is 1. The number of hydrogen-bond donors (Lipinski definition) is 3. The van der Waals surface area contributed by atoms with E-state index in [0.29, 0.717) is 19.6 Å². The molecule has 0 aromatic carbocycles. The van der Waals surface area contributed by atoms with E-state index in [1.807, 2.05) is 32.0 Å². The lowest BCUT2D eigenvalue weighted by Gasteiger charge is -2.42. The van der Waals surface area contributed by atoms with Gasteiger partial charge in [-0.2, -0.15) is 0 Å². The van der Waals surface area contributed by atoms with Crippen molar-refractivity contribution < 1.29 is 19.5 Å². The Morgan fingerprint density at radius 2 is 2.12 bits per heavy atom. The molecule has 2 fully saturated rings. The number of hydrazine groups is 1. The van der Waals surface area contributed by atoms with E-state index in [-0.39, 0.29) is 35.2 Å². The number of nitrogens with zero attached hydrogens (tertiary/aromatic N) is 4. The summed E-state index contributed by atoms with van der Waals surface area (Å²) < 4.78 is 0. The van der Waals surface area contributed by atoms with Crippen LogP contribution in [0.1, 0.15) is 32.4 Å². The zero-order valence-electron chi connectivity index (χ0n) is 19.8. The Hall–Kier alpha value is -3.40. The van der Waals surface area contributed by atoms with Crippen LogP contribution in [0.5, 0.6) is 0 Å². The maximum atomic E-state index is 13.1. The standard InChI is InChI=1S/C24H32N6O4/c1-15(2)13-29-22-16(7-10-19(31)28(3)14-18-6-4-5-11-25-18)12-26-30(22)24(34)20(23(29)33)21(32)27-17-8-9-17/h4-7,10-11,15-17,22,26,33H,8-9,12-14H2,1-3H3,(H,27,32)/b10-7+. The third-order valence-corrected chi connectivity index (χ3v) is 6.08. The van der Waals surface area contributed by atoms with Gasteiger partial charge in [-0.25, -0.2) is 10.4 Å². The molecule has 1 saturated heterocycles. The second kappa shape index (κ2) is 9.84. The fourth-order valence-electron chi connectivity index (χ4n) is 4.23. The van der Waals surface area contributed by atoms with Crippen molar-refractivity contribution in [3.8, 4) is 0 Å². The molecule has 34 heavy (non-hydrogen) atoms. The number of aliphatic hydroxyl groups excluding tert-OH is 1. The number of aromatic nitrogens is 1. The highest BCUT2D eigenvalue weighted by atomic mass is 16.3. The van der Waals surface area contributed by atoms with Crippen molar-refractivity contribution in [3.63, 3.8) is 0 Å². The van der Waals surface area contributed by atoms with E-state index in [9.17, 15) is 19.5 Å². The summed E-state index contributed by atoms with van der Waals surface area (Å²) in [5.74, 6) is -1.70. The number of fused-ring (bicyclic) bond motifs is 1. The van der Waals surface area contributed by atoms with Crippen molar-refractivity contribution in [1.29, 1.82) is 0 Å². The summed E-state index contributed by atoms with van der Waals surface area (Å²) in [7, 11) is 1.70. The van der Waals surface area contributed by atoms with Gasteiger partial charge in [0.05, 0.1) is 12.2 Å². The fraction of sp³-hybridized carbons (Fsp3) is 0.500. The number of carbonyl (C=O) groups excluding carboxylic acids is 3. The molecule has 182 valence electrons. The van der Waals surface area contributed by atoms with Crippen molar-refractivity contribution in [3.05, 3.63) is 53.7 Å². The van der Waals surface area contributed by atoms with Gasteiger partial charge in [-0.1, -0.05) is 26.0 Å². The second-order valence-corrected chi connectivity index (χ2v) is 9.48. The third-order valence-electron chi connectivity index (χ3n) is 6.08. The van der Waals surface area contributed by atoms with Crippen LogP contribution in [0.3, 0.4) is 0 Å². The Kier molecular flexibility index (Phi) is 6.87. The van der Waals surface area contributed by atoms with Gasteiger partial charge in [-0.05, 0) is 37.0 Å². The normalized spacial score (nSPS) is 22.5. The lowest BCUT2D eigenvalue weighted by Crippen LogP contribution is -2.59. The highest BCUT2D eigenvalue weighted by Crippen LogP contribution is 2.32. The molecular formula is C24H32N6O4. The first kappa shape index (κ1) is 23.7. The highest BCUT2D eigenvalue weighted by molar-refractivity contribution is 6.19. The van der Waals surface area contributed by atoms with Crippen LogP contribution in [0.15, 0.2) is 48.0 Å². The lowest BCUT2D eigenvalue weighted by molar-refractivity contribution is -0.142. The SMILES string of the molecule is CC(C)CN1C(O)=C(C(=O)NC2CC2)C(=O)N2NCC(/C=C/C(=O)N(C)Cc3ccccn3)C12.